The van der Waals surface area contributed by atoms with Gasteiger partial charge in [-0.15, -0.1) is 11.3 Å². The Bertz CT molecular complexity index is 831. The van der Waals surface area contributed by atoms with Crippen LogP contribution in [0.3, 0.4) is 0 Å². The molecule has 2 heterocycles. The van der Waals surface area contributed by atoms with E-state index in [1.54, 1.807) is 42.0 Å². The van der Waals surface area contributed by atoms with Crippen LogP contribution in [0, 0.1) is 0 Å². The summed E-state index contributed by atoms with van der Waals surface area (Å²) in [4.78, 5) is 29.9. The number of nitrogens with zero attached hydrogens (tertiary/aromatic N) is 2. The molecule has 0 saturated carbocycles. The van der Waals surface area contributed by atoms with Gasteiger partial charge in [-0.1, -0.05) is 0 Å². The quantitative estimate of drug-likeness (QED) is 0.681. The summed E-state index contributed by atoms with van der Waals surface area (Å²) in [6.45, 7) is 0. The topological polar surface area (TPSA) is 106 Å². The lowest BCUT2D eigenvalue weighted by molar-refractivity contribution is 0.102. The van der Waals surface area contributed by atoms with Crippen LogP contribution in [-0.2, 0) is 0 Å². The number of carbonyl (C=O) groups excluding carboxylic acids is 1. The zero-order chi connectivity index (χ0) is 14.8. The minimum absolute atomic E-state index is 0.218. The molecule has 0 bridgehead atoms. The average Bonchev–Trinajstić information content (AvgIpc) is 3.08. The highest BCUT2D eigenvalue weighted by atomic mass is 32.1. The minimum Gasteiger partial charge on any atom is -0.375 e. The number of nitrogens with two attached hydrogens (primary N) is 1. The summed E-state index contributed by atoms with van der Waals surface area (Å²) in [6, 6.07) is 6.89. The Labute approximate surface area is 123 Å². The lowest BCUT2D eigenvalue weighted by Crippen LogP contribution is -2.14. The Kier molecular flexibility index (Phi) is 3.28. The summed E-state index contributed by atoms with van der Waals surface area (Å²) < 4.78 is 1.47. The van der Waals surface area contributed by atoms with E-state index < -0.39 is 0 Å². The van der Waals surface area contributed by atoms with Crippen LogP contribution >= 0.6 is 11.3 Å². The van der Waals surface area contributed by atoms with Crippen LogP contribution in [0.2, 0.25) is 0 Å². The van der Waals surface area contributed by atoms with Gasteiger partial charge in [0.1, 0.15) is 5.69 Å². The molecule has 0 atom stereocenters. The molecule has 1 aromatic carbocycles. The van der Waals surface area contributed by atoms with Crippen molar-refractivity contribution in [2.45, 2.75) is 0 Å². The maximum atomic E-state index is 11.9. The first-order valence-corrected chi connectivity index (χ1v) is 6.90. The number of imidazole rings is 1. The molecule has 21 heavy (non-hydrogen) atoms. The van der Waals surface area contributed by atoms with E-state index in [1.807, 2.05) is 0 Å². The van der Waals surface area contributed by atoms with Gasteiger partial charge < -0.3 is 16.0 Å². The van der Waals surface area contributed by atoms with Crippen molar-refractivity contribution >= 4 is 28.1 Å². The zero-order valence-electron chi connectivity index (χ0n) is 10.7. The first-order chi connectivity index (χ1) is 10.1. The van der Waals surface area contributed by atoms with Crippen molar-refractivity contribution in [3.8, 4) is 5.69 Å². The number of benzene rings is 1. The molecule has 3 rings (SSSR count). The van der Waals surface area contributed by atoms with Gasteiger partial charge in [0.15, 0.2) is 5.13 Å². The van der Waals surface area contributed by atoms with E-state index in [2.05, 4.69) is 15.3 Å². The van der Waals surface area contributed by atoms with E-state index >= 15 is 0 Å². The monoisotopic (exact) mass is 301 g/mol. The first kappa shape index (κ1) is 13.1. The van der Waals surface area contributed by atoms with Gasteiger partial charge in [-0.25, -0.2) is 9.78 Å². The standard InChI is InChI=1S/C13H11N5O2S/c14-12-17-10(7-21-12)11(19)16-8-1-3-9(4-2-8)18-6-5-15-13(18)20/h1-7H,(H2,14,17)(H,15,20)(H,16,19). The summed E-state index contributed by atoms with van der Waals surface area (Å²) >= 11 is 1.21. The maximum absolute atomic E-state index is 11.9. The fourth-order valence-electron chi connectivity index (χ4n) is 1.82. The van der Waals surface area contributed by atoms with Gasteiger partial charge in [0.05, 0.1) is 5.69 Å². The smallest absolute Gasteiger partial charge is 0.330 e. The van der Waals surface area contributed by atoms with Gasteiger partial charge in [0, 0.05) is 23.5 Å². The predicted octanol–water partition coefficient (Wildman–Crippen LogP) is 1.46. The second-order valence-electron chi connectivity index (χ2n) is 4.21. The molecule has 0 unspecified atom stereocenters. The Morgan fingerprint density at radius 1 is 1.33 bits per heavy atom. The number of H-pyrrole nitrogens is 1. The van der Waals surface area contributed by atoms with E-state index in [9.17, 15) is 9.59 Å². The van der Waals surface area contributed by atoms with Crippen molar-refractivity contribution in [2.75, 3.05) is 11.1 Å². The van der Waals surface area contributed by atoms with Crippen LogP contribution in [0.1, 0.15) is 10.5 Å². The van der Waals surface area contributed by atoms with Crippen LogP contribution in [0.4, 0.5) is 10.8 Å². The number of nitrogen functional groups attached to an aromatic ring is 1. The molecule has 106 valence electrons. The number of hydrogen-bond acceptors (Lipinski definition) is 5. The molecule has 4 N–H and O–H groups in total. The second kappa shape index (κ2) is 5.25. The average molecular weight is 301 g/mol. The Hall–Kier alpha value is -2.87. The fraction of sp³-hybridized carbons (Fsp3) is 0. The molecule has 8 heteroatoms. The predicted molar refractivity (Wildman–Crippen MR) is 80.9 cm³/mol. The van der Waals surface area contributed by atoms with Crippen LogP contribution in [0.25, 0.3) is 5.69 Å². The van der Waals surface area contributed by atoms with Crippen LogP contribution in [0.5, 0.6) is 0 Å². The number of amides is 1. The molecule has 0 saturated heterocycles. The van der Waals surface area contributed by atoms with E-state index in [-0.39, 0.29) is 17.3 Å². The summed E-state index contributed by atoms with van der Waals surface area (Å²) in [5, 5.41) is 4.66. The van der Waals surface area contributed by atoms with E-state index in [0.717, 1.165) is 0 Å². The van der Waals surface area contributed by atoms with Crippen molar-refractivity contribution in [3.05, 3.63) is 58.2 Å². The number of hydrogen-bond donors (Lipinski definition) is 3. The molecular formula is C13H11N5O2S. The number of nitrogens with one attached hydrogen (secondary N) is 2. The number of thiazole rings is 1. The van der Waals surface area contributed by atoms with Gasteiger partial charge in [-0.3, -0.25) is 9.36 Å². The highest BCUT2D eigenvalue weighted by molar-refractivity contribution is 7.13. The van der Waals surface area contributed by atoms with Crippen LogP contribution in [0.15, 0.2) is 46.8 Å². The molecule has 0 aliphatic carbocycles. The lowest BCUT2D eigenvalue weighted by atomic mass is 10.2. The van der Waals surface area contributed by atoms with Crippen molar-refractivity contribution < 1.29 is 4.79 Å². The fourth-order valence-corrected chi connectivity index (χ4v) is 2.36. The third-order valence-corrected chi connectivity index (χ3v) is 3.48. The zero-order valence-corrected chi connectivity index (χ0v) is 11.6. The summed E-state index contributed by atoms with van der Waals surface area (Å²) in [6.07, 6.45) is 3.19. The van der Waals surface area contributed by atoms with Crippen molar-refractivity contribution in [2.24, 2.45) is 0 Å². The van der Waals surface area contributed by atoms with E-state index in [1.165, 1.54) is 15.9 Å². The van der Waals surface area contributed by atoms with Gasteiger partial charge in [0.2, 0.25) is 0 Å². The Morgan fingerprint density at radius 3 is 2.67 bits per heavy atom. The molecule has 0 fully saturated rings. The van der Waals surface area contributed by atoms with Crippen molar-refractivity contribution in [1.82, 2.24) is 14.5 Å². The highest BCUT2D eigenvalue weighted by Gasteiger charge is 2.10. The molecule has 7 nitrogen and oxygen atoms in total. The molecule has 3 aromatic rings. The maximum Gasteiger partial charge on any atom is 0.330 e. The highest BCUT2D eigenvalue weighted by Crippen LogP contribution is 2.15. The Morgan fingerprint density at radius 2 is 2.10 bits per heavy atom. The van der Waals surface area contributed by atoms with Crippen LogP contribution in [-0.4, -0.2) is 20.4 Å². The third kappa shape index (κ3) is 2.70. The Balaban J connectivity index is 1.77. The summed E-state index contributed by atoms with van der Waals surface area (Å²) in [7, 11) is 0. The number of rotatable bonds is 3. The van der Waals surface area contributed by atoms with Gasteiger partial charge in [-0.05, 0) is 24.3 Å². The molecule has 0 spiro atoms. The number of aromatic amines is 1. The molecule has 1 amide bonds. The van der Waals surface area contributed by atoms with Crippen molar-refractivity contribution in [3.63, 3.8) is 0 Å². The molecule has 2 aromatic heterocycles. The minimum atomic E-state index is -0.325. The van der Waals surface area contributed by atoms with E-state index in [4.69, 9.17) is 5.73 Å². The normalized spacial score (nSPS) is 10.5. The van der Waals surface area contributed by atoms with Crippen molar-refractivity contribution in [1.29, 1.82) is 0 Å². The number of carbonyl (C=O) groups is 1. The SMILES string of the molecule is Nc1nc(C(=O)Nc2ccc(-n3cc[nH]c3=O)cc2)cs1. The van der Waals surface area contributed by atoms with Gasteiger partial charge >= 0.3 is 5.69 Å². The van der Waals surface area contributed by atoms with E-state index in [0.29, 0.717) is 16.5 Å². The summed E-state index contributed by atoms with van der Waals surface area (Å²) in [5.74, 6) is -0.325. The first-order valence-electron chi connectivity index (χ1n) is 6.02. The number of aromatic nitrogens is 3. The van der Waals surface area contributed by atoms with Crippen LogP contribution < -0.4 is 16.7 Å². The third-order valence-electron chi connectivity index (χ3n) is 2.81. The summed E-state index contributed by atoms with van der Waals surface area (Å²) in [5.41, 5.74) is 6.87. The van der Waals surface area contributed by atoms with Gasteiger partial charge in [-0.2, -0.15) is 0 Å². The number of anilines is 2. The molecule has 0 aliphatic rings. The van der Waals surface area contributed by atoms with Gasteiger partial charge in [0.25, 0.3) is 5.91 Å². The second-order valence-corrected chi connectivity index (χ2v) is 5.10. The lowest BCUT2D eigenvalue weighted by Gasteiger charge is -2.05. The molecule has 0 radical (unpaired) electrons. The molecular weight excluding hydrogens is 290 g/mol. The molecule has 0 aliphatic heterocycles. The largest absolute Gasteiger partial charge is 0.375 e.